The van der Waals surface area contributed by atoms with Gasteiger partial charge >= 0.3 is 0 Å². The zero-order chi connectivity index (χ0) is 11.0. The molecule has 74 valence electrons. The smallest absolute Gasteiger partial charge is 0.150 e. The number of rotatable bonds is 3. The van der Waals surface area contributed by atoms with Crippen LogP contribution in [0.1, 0.15) is 28.4 Å². The molecule has 14 heavy (non-hydrogen) atoms. The van der Waals surface area contributed by atoms with E-state index in [2.05, 4.69) is 41.8 Å². The molecule has 0 heterocycles. The molecule has 0 radical (unpaired) electrons. The van der Waals surface area contributed by atoms with E-state index >= 15 is 0 Å². The molecule has 0 amide bonds. The van der Waals surface area contributed by atoms with Crippen molar-refractivity contribution in [2.24, 2.45) is 0 Å². The van der Waals surface area contributed by atoms with Crippen LogP contribution in [0.5, 0.6) is 0 Å². The second-order valence-electron chi connectivity index (χ2n) is 2.69. The molecule has 0 unspecified atom stereocenters. The predicted molar refractivity (Wildman–Crippen MR) is 63.7 cm³/mol. The van der Waals surface area contributed by atoms with E-state index in [4.69, 9.17) is 0 Å². The van der Waals surface area contributed by atoms with Gasteiger partial charge in [0.1, 0.15) is 6.29 Å². The van der Waals surface area contributed by atoms with Crippen LogP contribution in [-0.4, -0.2) is 6.29 Å². The molecule has 0 aliphatic rings. The molecule has 1 nitrogen and oxygen atoms in total. The molecule has 2 heteroatoms. The van der Waals surface area contributed by atoms with E-state index in [9.17, 15) is 4.79 Å². The van der Waals surface area contributed by atoms with E-state index < -0.39 is 0 Å². The molecule has 0 saturated heterocycles. The van der Waals surface area contributed by atoms with Gasteiger partial charge in [0, 0.05) is 10.9 Å². The average Bonchev–Trinajstić information content (AvgIpc) is 2.30. The Balaban J connectivity index is 0.000000791. The van der Waals surface area contributed by atoms with Crippen LogP contribution in [0.15, 0.2) is 18.2 Å². The highest BCUT2D eigenvalue weighted by Crippen LogP contribution is 2.12. The van der Waals surface area contributed by atoms with Crippen LogP contribution < -0.4 is 0 Å². The lowest BCUT2D eigenvalue weighted by molar-refractivity contribution is 0.112. The number of terminal acetylenes is 1. The van der Waals surface area contributed by atoms with Gasteiger partial charge in [-0.15, -0.1) is 12.8 Å². The van der Waals surface area contributed by atoms with Crippen molar-refractivity contribution in [1.29, 1.82) is 0 Å². The topological polar surface area (TPSA) is 17.1 Å². The van der Waals surface area contributed by atoms with Crippen LogP contribution in [0.25, 0.3) is 0 Å². The lowest BCUT2D eigenvalue weighted by Crippen LogP contribution is -1.89. The van der Waals surface area contributed by atoms with Gasteiger partial charge < -0.3 is 0 Å². The van der Waals surface area contributed by atoms with E-state index in [1.165, 1.54) is 5.56 Å². The first-order valence-electron chi connectivity index (χ1n) is 4.27. The normalized spacial score (nSPS) is 8.57. The first-order valence-corrected chi connectivity index (χ1v) is 5.39. The lowest BCUT2D eigenvalue weighted by Gasteiger charge is -2.01. The molecule has 1 aromatic rings. The number of hydrogen-bond acceptors (Lipinski definition) is 1. The predicted octanol–water partition coefficient (Wildman–Crippen LogP) is 3.21. The molecule has 0 fully saturated rings. The third-order valence-corrected chi connectivity index (χ3v) is 2.42. The van der Waals surface area contributed by atoms with E-state index in [0.717, 1.165) is 29.2 Å². The summed E-state index contributed by atoms with van der Waals surface area (Å²) < 4.78 is 0. The molecular weight excluding hydrogens is 240 g/mol. The van der Waals surface area contributed by atoms with Crippen molar-refractivity contribution in [2.75, 3.05) is 0 Å². The Labute approximate surface area is 93.7 Å². The molecule has 1 aromatic carbocycles. The summed E-state index contributed by atoms with van der Waals surface area (Å²) in [6, 6.07) is 5.95. The number of benzene rings is 1. The average molecular weight is 253 g/mol. The maximum absolute atomic E-state index is 10.5. The largest absolute Gasteiger partial charge is 0.298 e. The molecule has 0 aliphatic carbocycles. The van der Waals surface area contributed by atoms with Crippen molar-refractivity contribution in [3.05, 3.63) is 34.9 Å². The van der Waals surface area contributed by atoms with Gasteiger partial charge in [0.05, 0.1) is 0 Å². The minimum absolute atomic E-state index is 0.767. The van der Waals surface area contributed by atoms with Gasteiger partial charge in [0.15, 0.2) is 0 Å². The van der Waals surface area contributed by atoms with Crippen LogP contribution >= 0.6 is 15.9 Å². The van der Waals surface area contributed by atoms with Crippen molar-refractivity contribution < 1.29 is 4.79 Å². The summed E-state index contributed by atoms with van der Waals surface area (Å²) in [6.07, 6.45) is 9.87. The van der Waals surface area contributed by atoms with Crippen molar-refractivity contribution in [1.82, 2.24) is 0 Å². The second-order valence-corrected chi connectivity index (χ2v) is 3.25. The summed E-state index contributed by atoms with van der Waals surface area (Å²) in [4.78, 5) is 10.5. The minimum atomic E-state index is 0.767. The number of hydrogen-bond donors (Lipinski definition) is 0. The Morgan fingerprint density at radius 2 is 1.86 bits per heavy atom. The SMILES string of the molecule is C#C.CCc1cc(C=O)cc(CBr)c1. The van der Waals surface area contributed by atoms with Gasteiger partial charge in [0.25, 0.3) is 0 Å². The Morgan fingerprint density at radius 3 is 2.29 bits per heavy atom. The summed E-state index contributed by atoms with van der Waals surface area (Å²) in [6.45, 7) is 2.09. The van der Waals surface area contributed by atoms with Crippen LogP contribution in [0.3, 0.4) is 0 Å². The number of carbonyl (C=O) groups is 1. The third kappa shape index (κ3) is 3.76. The van der Waals surface area contributed by atoms with Crippen LogP contribution in [0, 0.1) is 12.8 Å². The highest BCUT2D eigenvalue weighted by atomic mass is 79.9. The fourth-order valence-corrected chi connectivity index (χ4v) is 1.46. The van der Waals surface area contributed by atoms with Gasteiger partial charge in [-0.3, -0.25) is 4.79 Å². The molecule has 0 aromatic heterocycles. The quantitative estimate of drug-likeness (QED) is 0.459. The first kappa shape index (κ1) is 12.9. The molecule has 0 bridgehead atoms. The number of carbonyl (C=O) groups excluding carboxylic acids is 1. The van der Waals surface area contributed by atoms with Gasteiger partial charge in [-0.25, -0.2) is 0 Å². The van der Waals surface area contributed by atoms with E-state index in [1.54, 1.807) is 0 Å². The summed E-state index contributed by atoms with van der Waals surface area (Å²) >= 11 is 3.37. The van der Waals surface area contributed by atoms with Crippen molar-refractivity contribution in [3.63, 3.8) is 0 Å². The fourth-order valence-electron chi connectivity index (χ4n) is 1.14. The zero-order valence-electron chi connectivity index (χ0n) is 8.16. The highest BCUT2D eigenvalue weighted by molar-refractivity contribution is 9.08. The lowest BCUT2D eigenvalue weighted by atomic mass is 10.1. The van der Waals surface area contributed by atoms with E-state index in [0.29, 0.717) is 0 Å². The molecule has 0 saturated carbocycles. The van der Waals surface area contributed by atoms with Gasteiger partial charge in [0.2, 0.25) is 0 Å². The molecule has 0 spiro atoms. The third-order valence-electron chi connectivity index (χ3n) is 1.77. The van der Waals surface area contributed by atoms with Crippen molar-refractivity contribution in [3.8, 4) is 12.8 Å². The van der Waals surface area contributed by atoms with Crippen molar-refractivity contribution in [2.45, 2.75) is 18.7 Å². The fraction of sp³-hybridized carbons (Fsp3) is 0.250. The number of aldehydes is 1. The maximum Gasteiger partial charge on any atom is 0.150 e. The Hall–Kier alpha value is -1.07. The Kier molecular flexibility index (Phi) is 6.78. The van der Waals surface area contributed by atoms with Gasteiger partial charge in [-0.2, -0.15) is 0 Å². The number of alkyl halides is 1. The van der Waals surface area contributed by atoms with Crippen LogP contribution in [0.4, 0.5) is 0 Å². The molecule has 0 atom stereocenters. The summed E-state index contributed by atoms with van der Waals surface area (Å²) in [5, 5.41) is 0.807. The summed E-state index contributed by atoms with van der Waals surface area (Å²) in [5.41, 5.74) is 3.15. The number of halogens is 1. The summed E-state index contributed by atoms with van der Waals surface area (Å²) in [7, 11) is 0. The minimum Gasteiger partial charge on any atom is -0.298 e. The monoisotopic (exact) mass is 252 g/mol. The van der Waals surface area contributed by atoms with Gasteiger partial charge in [-0.05, 0) is 29.7 Å². The molecular formula is C12H13BrO. The van der Waals surface area contributed by atoms with Gasteiger partial charge in [-0.1, -0.05) is 28.9 Å². The van der Waals surface area contributed by atoms with E-state index in [-0.39, 0.29) is 0 Å². The van der Waals surface area contributed by atoms with Crippen molar-refractivity contribution >= 4 is 22.2 Å². The van der Waals surface area contributed by atoms with Crippen LogP contribution in [-0.2, 0) is 11.8 Å². The summed E-state index contributed by atoms with van der Waals surface area (Å²) in [5.74, 6) is 0. The first-order chi connectivity index (χ1) is 6.80. The van der Waals surface area contributed by atoms with E-state index in [1.807, 2.05) is 12.1 Å². The molecule has 0 N–H and O–H groups in total. The Bertz CT molecular complexity index is 293. The number of aryl methyl sites for hydroxylation is 1. The van der Waals surface area contributed by atoms with Crippen LogP contribution in [0.2, 0.25) is 0 Å². The molecule has 1 rings (SSSR count). The molecule has 0 aliphatic heterocycles. The second kappa shape index (κ2) is 7.34. The Morgan fingerprint density at radius 1 is 1.29 bits per heavy atom. The maximum atomic E-state index is 10.5. The highest BCUT2D eigenvalue weighted by Gasteiger charge is 1.97. The standard InChI is InChI=1S/C10H11BrO.C2H2/c1-2-8-3-9(6-11)5-10(4-8)7-12;1-2/h3-5,7H,2,6H2,1H3;1-2H. The zero-order valence-corrected chi connectivity index (χ0v) is 9.75.